The molecule has 0 amide bonds. The van der Waals surface area contributed by atoms with Crippen molar-refractivity contribution >= 4 is 11.6 Å². The van der Waals surface area contributed by atoms with E-state index < -0.39 is 0 Å². The van der Waals surface area contributed by atoms with Gasteiger partial charge >= 0.3 is 0 Å². The largest absolute Gasteiger partial charge is 0.300 e. The standard InChI is InChI=1S/C9H14O2/c1-3-4-5-6-9(11)7-8(2)10/h3H,1,4-7H2,2H3. The van der Waals surface area contributed by atoms with Crippen LogP contribution in [0.5, 0.6) is 0 Å². The minimum Gasteiger partial charge on any atom is -0.300 e. The maximum atomic E-state index is 10.9. The Morgan fingerprint density at radius 1 is 1.45 bits per heavy atom. The first-order valence-electron chi connectivity index (χ1n) is 3.79. The summed E-state index contributed by atoms with van der Waals surface area (Å²) in [5.41, 5.74) is 0. The molecule has 0 N–H and O–H groups in total. The number of ketones is 2. The van der Waals surface area contributed by atoms with Crippen molar-refractivity contribution in [3.63, 3.8) is 0 Å². The van der Waals surface area contributed by atoms with Gasteiger partial charge in [0.1, 0.15) is 11.6 Å². The molecule has 0 rings (SSSR count). The monoisotopic (exact) mass is 154 g/mol. The van der Waals surface area contributed by atoms with E-state index in [-0.39, 0.29) is 18.0 Å². The van der Waals surface area contributed by atoms with Crippen LogP contribution in [0.25, 0.3) is 0 Å². The van der Waals surface area contributed by atoms with E-state index in [4.69, 9.17) is 0 Å². The van der Waals surface area contributed by atoms with E-state index >= 15 is 0 Å². The fraction of sp³-hybridized carbons (Fsp3) is 0.556. The fourth-order valence-electron chi connectivity index (χ4n) is 0.810. The van der Waals surface area contributed by atoms with Crippen molar-refractivity contribution in [2.45, 2.75) is 32.6 Å². The van der Waals surface area contributed by atoms with Crippen molar-refractivity contribution in [2.75, 3.05) is 0 Å². The summed E-state index contributed by atoms with van der Waals surface area (Å²) in [4.78, 5) is 21.3. The van der Waals surface area contributed by atoms with Crippen LogP contribution in [-0.2, 0) is 9.59 Å². The Balaban J connectivity index is 3.37. The van der Waals surface area contributed by atoms with Gasteiger partial charge in [-0.2, -0.15) is 0 Å². The van der Waals surface area contributed by atoms with Gasteiger partial charge in [-0.15, -0.1) is 6.58 Å². The van der Waals surface area contributed by atoms with Crippen LogP contribution in [0.1, 0.15) is 32.6 Å². The summed E-state index contributed by atoms with van der Waals surface area (Å²) in [7, 11) is 0. The zero-order valence-electron chi connectivity index (χ0n) is 6.93. The quantitative estimate of drug-likeness (QED) is 0.332. The minimum atomic E-state index is -0.0476. The second-order valence-corrected chi connectivity index (χ2v) is 2.60. The lowest BCUT2D eigenvalue weighted by atomic mass is 10.1. The summed E-state index contributed by atoms with van der Waals surface area (Å²) in [6.45, 7) is 4.98. The average molecular weight is 154 g/mol. The highest BCUT2D eigenvalue weighted by Gasteiger charge is 2.03. The van der Waals surface area contributed by atoms with Crippen LogP contribution in [0, 0.1) is 0 Å². The van der Waals surface area contributed by atoms with Crippen molar-refractivity contribution in [3.05, 3.63) is 12.7 Å². The molecule has 0 heterocycles. The zero-order valence-corrected chi connectivity index (χ0v) is 6.93. The first-order valence-corrected chi connectivity index (χ1v) is 3.79. The van der Waals surface area contributed by atoms with Gasteiger partial charge in [0.25, 0.3) is 0 Å². The SMILES string of the molecule is C=CCCCC(=O)CC(C)=O. The van der Waals surface area contributed by atoms with Gasteiger partial charge in [0.2, 0.25) is 0 Å². The lowest BCUT2D eigenvalue weighted by Crippen LogP contribution is -2.03. The molecule has 0 aromatic rings. The number of Topliss-reactive ketones (excluding diaryl/α,β-unsaturated/α-hetero) is 2. The predicted molar refractivity (Wildman–Crippen MR) is 44.4 cm³/mol. The lowest BCUT2D eigenvalue weighted by Gasteiger charge is -1.94. The first-order chi connectivity index (χ1) is 5.16. The highest BCUT2D eigenvalue weighted by Crippen LogP contribution is 1.99. The Labute approximate surface area is 67.3 Å². The molecule has 0 saturated carbocycles. The summed E-state index contributed by atoms with van der Waals surface area (Å²) in [6, 6.07) is 0. The molecule has 0 saturated heterocycles. The summed E-state index contributed by atoms with van der Waals surface area (Å²) < 4.78 is 0. The highest BCUT2D eigenvalue weighted by molar-refractivity contribution is 5.97. The highest BCUT2D eigenvalue weighted by atomic mass is 16.1. The van der Waals surface area contributed by atoms with Gasteiger partial charge in [0.15, 0.2) is 0 Å². The lowest BCUT2D eigenvalue weighted by molar-refractivity contribution is -0.125. The van der Waals surface area contributed by atoms with Gasteiger partial charge in [0, 0.05) is 6.42 Å². The van der Waals surface area contributed by atoms with Crippen molar-refractivity contribution < 1.29 is 9.59 Å². The predicted octanol–water partition coefficient (Wildman–Crippen LogP) is 1.89. The van der Waals surface area contributed by atoms with E-state index in [1.807, 2.05) is 0 Å². The molecular formula is C9H14O2. The van der Waals surface area contributed by atoms with Crippen LogP contribution < -0.4 is 0 Å². The molecule has 0 atom stereocenters. The van der Waals surface area contributed by atoms with Crippen LogP contribution in [0.2, 0.25) is 0 Å². The summed E-state index contributed by atoms with van der Waals surface area (Å²) in [5, 5.41) is 0. The Bertz CT molecular complexity index is 159. The van der Waals surface area contributed by atoms with Crippen LogP contribution in [0.4, 0.5) is 0 Å². The zero-order chi connectivity index (χ0) is 8.69. The molecule has 2 nitrogen and oxygen atoms in total. The van der Waals surface area contributed by atoms with Gasteiger partial charge in [0.05, 0.1) is 6.42 Å². The number of allylic oxidation sites excluding steroid dienone is 1. The Kier molecular flexibility index (Phi) is 5.35. The van der Waals surface area contributed by atoms with Crippen LogP contribution in [0.3, 0.4) is 0 Å². The molecule has 62 valence electrons. The van der Waals surface area contributed by atoms with Crippen molar-refractivity contribution in [1.29, 1.82) is 0 Å². The van der Waals surface area contributed by atoms with Crippen molar-refractivity contribution in [3.8, 4) is 0 Å². The van der Waals surface area contributed by atoms with Gasteiger partial charge in [-0.3, -0.25) is 9.59 Å². The Morgan fingerprint density at radius 3 is 2.55 bits per heavy atom. The molecule has 0 unspecified atom stereocenters. The number of rotatable bonds is 6. The van der Waals surface area contributed by atoms with Crippen molar-refractivity contribution in [2.24, 2.45) is 0 Å². The number of unbranched alkanes of at least 4 members (excludes halogenated alkanes) is 1. The molecule has 0 aliphatic rings. The average Bonchev–Trinajstić information content (AvgIpc) is 1.86. The minimum absolute atomic E-state index is 0.0411. The molecule has 0 aromatic carbocycles. The molecule has 11 heavy (non-hydrogen) atoms. The number of carbonyl (C=O) groups excluding carboxylic acids is 2. The molecule has 0 fully saturated rings. The molecule has 0 radical (unpaired) electrons. The smallest absolute Gasteiger partial charge is 0.140 e. The fourth-order valence-corrected chi connectivity index (χ4v) is 0.810. The first kappa shape index (κ1) is 10.1. The maximum Gasteiger partial charge on any atom is 0.140 e. The van der Waals surface area contributed by atoms with Gasteiger partial charge in [-0.1, -0.05) is 6.08 Å². The van der Waals surface area contributed by atoms with Gasteiger partial charge < -0.3 is 0 Å². The van der Waals surface area contributed by atoms with Crippen LogP contribution in [-0.4, -0.2) is 11.6 Å². The second-order valence-electron chi connectivity index (χ2n) is 2.60. The molecule has 0 aliphatic heterocycles. The van der Waals surface area contributed by atoms with E-state index in [9.17, 15) is 9.59 Å². The number of carbonyl (C=O) groups is 2. The molecule has 0 spiro atoms. The molecule has 0 bridgehead atoms. The third kappa shape index (κ3) is 6.97. The summed E-state index contributed by atoms with van der Waals surface area (Å²) >= 11 is 0. The topological polar surface area (TPSA) is 34.1 Å². The van der Waals surface area contributed by atoms with Crippen LogP contribution >= 0.6 is 0 Å². The van der Waals surface area contributed by atoms with Gasteiger partial charge in [-0.25, -0.2) is 0 Å². The summed E-state index contributed by atoms with van der Waals surface area (Å²) in [5.74, 6) is -0.00652. The number of hydrogen-bond donors (Lipinski definition) is 0. The molecule has 0 aliphatic carbocycles. The Hall–Kier alpha value is -0.920. The molecule has 2 heteroatoms. The second kappa shape index (κ2) is 5.83. The Morgan fingerprint density at radius 2 is 2.09 bits per heavy atom. The van der Waals surface area contributed by atoms with Crippen LogP contribution in [0.15, 0.2) is 12.7 Å². The number of hydrogen-bond acceptors (Lipinski definition) is 2. The van der Waals surface area contributed by atoms with E-state index in [1.54, 1.807) is 6.08 Å². The normalized spacial score (nSPS) is 9.18. The van der Waals surface area contributed by atoms with E-state index in [2.05, 4.69) is 6.58 Å². The molecule has 0 aromatic heterocycles. The molecular weight excluding hydrogens is 140 g/mol. The van der Waals surface area contributed by atoms with E-state index in [0.717, 1.165) is 12.8 Å². The van der Waals surface area contributed by atoms with Gasteiger partial charge in [-0.05, 0) is 19.8 Å². The third-order valence-electron chi connectivity index (χ3n) is 1.31. The summed E-state index contributed by atoms with van der Waals surface area (Å²) in [6.07, 6.45) is 4.04. The maximum absolute atomic E-state index is 10.9. The van der Waals surface area contributed by atoms with E-state index in [1.165, 1.54) is 6.92 Å². The van der Waals surface area contributed by atoms with Crippen molar-refractivity contribution in [1.82, 2.24) is 0 Å². The third-order valence-corrected chi connectivity index (χ3v) is 1.31. The van der Waals surface area contributed by atoms with E-state index in [0.29, 0.717) is 6.42 Å².